The van der Waals surface area contributed by atoms with Crippen molar-refractivity contribution in [1.82, 2.24) is 0 Å². The van der Waals surface area contributed by atoms with Crippen LogP contribution in [-0.2, 0) is 4.74 Å². The molecule has 0 rings (SSSR count). The van der Waals surface area contributed by atoms with Crippen LogP contribution in [0.4, 0.5) is 4.79 Å². The van der Waals surface area contributed by atoms with Gasteiger partial charge in [-0.25, -0.2) is 4.79 Å². The van der Waals surface area contributed by atoms with E-state index < -0.39 is 6.09 Å². The van der Waals surface area contributed by atoms with Gasteiger partial charge in [0.2, 0.25) is 0 Å². The Morgan fingerprint density at radius 2 is 1.75 bits per heavy atom. The zero-order valence-electron chi connectivity index (χ0n) is 7.12. The summed E-state index contributed by atoms with van der Waals surface area (Å²) in [6.45, 7) is 1.16. The van der Waals surface area contributed by atoms with Gasteiger partial charge in [0.1, 0.15) is 0 Å². The zero-order chi connectivity index (χ0) is 8.53. The average molecular weight is 197 g/mol. The number of hydrogen-bond acceptors (Lipinski definition) is 3. The van der Waals surface area contributed by atoms with Crippen LogP contribution in [0.25, 0.3) is 0 Å². The molecule has 0 aromatic carbocycles. The van der Waals surface area contributed by atoms with Crippen LogP contribution in [0.1, 0.15) is 25.7 Å². The summed E-state index contributed by atoms with van der Waals surface area (Å²) in [7, 11) is 0. The minimum atomic E-state index is -0.691. The summed E-state index contributed by atoms with van der Waals surface area (Å²) in [5.74, 6) is 0. The third kappa shape index (κ3) is 12.2. The fraction of sp³-hybridized carbons (Fsp3) is 0.857. The number of hydrogen-bond donors (Lipinski definition) is 2. The summed E-state index contributed by atoms with van der Waals surface area (Å²) >= 11 is 0. The maximum Gasteiger partial charge on any atom is 0.404 e. The van der Waals surface area contributed by atoms with Crippen molar-refractivity contribution in [3.63, 3.8) is 0 Å². The monoisotopic (exact) mass is 196 g/mol. The summed E-state index contributed by atoms with van der Waals surface area (Å²) in [6.07, 6.45) is 3.37. The summed E-state index contributed by atoms with van der Waals surface area (Å²) in [5.41, 5.74) is 10.0. The van der Waals surface area contributed by atoms with Crippen molar-refractivity contribution in [1.29, 1.82) is 0 Å². The van der Waals surface area contributed by atoms with Crippen molar-refractivity contribution in [3.8, 4) is 0 Å². The number of nitrogens with two attached hydrogens (primary N) is 2. The molecule has 0 aliphatic rings. The van der Waals surface area contributed by atoms with Crippen LogP contribution in [0.3, 0.4) is 0 Å². The zero-order valence-corrected chi connectivity index (χ0v) is 7.94. The number of rotatable bonds is 6. The maximum atomic E-state index is 10.1. The maximum absolute atomic E-state index is 10.1. The number of unbranched alkanes of at least 4 members (excludes halogenated alkanes) is 3. The van der Waals surface area contributed by atoms with Crippen LogP contribution in [0.5, 0.6) is 0 Å². The highest BCUT2D eigenvalue weighted by atomic mass is 35.5. The minimum absolute atomic E-state index is 0. The van der Waals surface area contributed by atoms with Crippen LogP contribution in [-0.4, -0.2) is 19.2 Å². The number of ether oxygens (including phenoxy) is 1. The molecule has 0 aromatic heterocycles. The first kappa shape index (κ1) is 14.1. The van der Waals surface area contributed by atoms with Gasteiger partial charge in [0.15, 0.2) is 0 Å². The van der Waals surface area contributed by atoms with Crippen LogP contribution in [0.2, 0.25) is 0 Å². The molecule has 1 amide bonds. The van der Waals surface area contributed by atoms with E-state index in [0.29, 0.717) is 6.61 Å². The van der Waals surface area contributed by atoms with E-state index in [2.05, 4.69) is 4.74 Å². The number of primary amides is 1. The molecule has 0 unspecified atom stereocenters. The number of halogens is 1. The molecule has 0 aliphatic carbocycles. The fourth-order valence-electron chi connectivity index (χ4n) is 0.773. The molecule has 0 saturated carbocycles. The Balaban J connectivity index is 0. The summed E-state index contributed by atoms with van der Waals surface area (Å²) < 4.78 is 4.53. The Morgan fingerprint density at radius 3 is 2.25 bits per heavy atom. The Labute approximate surface area is 79.0 Å². The van der Waals surface area contributed by atoms with Crippen molar-refractivity contribution in [2.45, 2.75) is 25.7 Å². The van der Waals surface area contributed by atoms with Gasteiger partial charge in [0.05, 0.1) is 6.61 Å². The third-order valence-corrected chi connectivity index (χ3v) is 1.34. The lowest BCUT2D eigenvalue weighted by Gasteiger charge is -2.00. The van der Waals surface area contributed by atoms with E-state index in [-0.39, 0.29) is 12.4 Å². The van der Waals surface area contributed by atoms with E-state index in [1.807, 2.05) is 0 Å². The second kappa shape index (κ2) is 10.5. The van der Waals surface area contributed by atoms with Gasteiger partial charge in [-0.05, 0) is 19.4 Å². The Bertz CT molecular complexity index is 112. The van der Waals surface area contributed by atoms with Gasteiger partial charge in [-0.3, -0.25) is 0 Å². The molecule has 0 bridgehead atoms. The number of carbonyl (C=O) groups is 1. The Hall–Kier alpha value is -0.480. The predicted molar refractivity (Wildman–Crippen MR) is 50.3 cm³/mol. The number of carbonyl (C=O) groups excluding carboxylic acids is 1. The average Bonchev–Trinajstić information content (AvgIpc) is 1.96. The predicted octanol–water partition coefficient (Wildman–Crippen LogP) is 1.02. The van der Waals surface area contributed by atoms with E-state index in [4.69, 9.17) is 11.5 Å². The minimum Gasteiger partial charge on any atom is -0.450 e. The highest BCUT2D eigenvalue weighted by Gasteiger charge is 1.92. The third-order valence-electron chi connectivity index (χ3n) is 1.34. The van der Waals surface area contributed by atoms with Crippen molar-refractivity contribution in [3.05, 3.63) is 0 Å². The lowest BCUT2D eigenvalue weighted by molar-refractivity contribution is 0.154. The Kier molecular flexibility index (Phi) is 12.3. The molecule has 0 aromatic rings. The quantitative estimate of drug-likeness (QED) is 0.623. The first-order chi connectivity index (χ1) is 5.27. The van der Waals surface area contributed by atoms with Crippen LogP contribution in [0.15, 0.2) is 0 Å². The van der Waals surface area contributed by atoms with Gasteiger partial charge in [-0.15, -0.1) is 12.4 Å². The van der Waals surface area contributed by atoms with Crippen LogP contribution < -0.4 is 11.5 Å². The largest absolute Gasteiger partial charge is 0.450 e. The second-order valence-electron chi connectivity index (χ2n) is 2.37. The molecule has 0 spiro atoms. The van der Waals surface area contributed by atoms with E-state index in [1.165, 1.54) is 0 Å². The van der Waals surface area contributed by atoms with Crippen molar-refractivity contribution in [2.75, 3.05) is 13.2 Å². The normalized spacial score (nSPS) is 8.75. The van der Waals surface area contributed by atoms with Crippen molar-refractivity contribution < 1.29 is 9.53 Å². The molecule has 4 nitrogen and oxygen atoms in total. The summed E-state index contributed by atoms with van der Waals surface area (Å²) in [6, 6.07) is 0. The molecule has 5 heteroatoms. The molecular formula is C7H17ClN2O2. The molecule has 0 heterocycles. The first-order valence-electron chi connectivity index (χ1n) is 3.89. The SMILES string of the molecule is Cl.NCCCCCCOC(N)=O. The molecular weight excluding hydrogens is 180 g/mol. The van der Waals surface area contributed by atoms with Crippen LogP contribution >= 0.6 is 12.4 Å². The summed E-state index contributed by atoms with van der Waals surface area (Å²) in [5, 5.41) is 0. The first-order valence-corrected chi connectivity index (χ1v) is 3.89. The van der Waals surface area contributed by atoms with Gasteiger partial charge >= 0.3 is 6.09 Å². The molecule has 4 N–H and O–H groups in total. The molecule has 0 atom stereocenters. The molecule has 0 aliphatic heterocycles. The smallest absolute Gasteiger partial charge is 0.404 e. The van der Waals surface area contributed by atoms with Gasteiger partial charge in [0.25, 0.3) is 0 Å². The molecule has 0 saturated heterocycles. The lowest BCUT2D eigenvalue weighted by Crippen LogP contribution is -2.13. The Morgan fingerprint density at radius 1 is 1.17 bits per heavy atom. The molecule has 0 radical (unpaired) electrons. The molecule has 0 fully saturated rings. The molecule has 12 heavy (non-hydrogen) atoms. The highest BCUT2D eigenvalue weighted by molar-refractivity contribution is 5.85. The number of amides is 1. The summed E-state index contributed by atoms with van der Waals surface area (Å²) in [4.78, 5) is 10.1. The lowest BCUT2D eigenvalue weighted by atomic mass is 10.2. The van der Waals surface area contributed by atoms with Crippen molar-refractivity contribution in [2.24, 2.45) is 11.5 Å². The van der Waals surface area contributed by atoms with E-state index in [1.54, 1.807) is 0 Å². The highest BCUT2D eigenvalue weighted by Crippen LogP contribution is 1.98. The van der Waals surface area contributed by atoms with Gasteiger partial charge in [-0.2, -0.15) is 0 Å². The molecule has 74 valence electrons. The van der Waals surface area contributed by atoms with E-state index in [0.717, 1.165) is 32.2 Å². The van der Waals surface area contributed by atoms with E-state index >= 15 is 0 Å². The van der Waals surface area contributed by atoms with Gasteiger partial charge in [-0.1, -0.05) is 12.8 Å². The fourth-order valence-corrected chi connectivity index (χ4v) is 0.773. The van der Waals surface area contributed by atoms with E-state index in [9.17, 15) is 4.79 Å². The van der Waals surface area contributed by atoms with Crippen LogP contribution in [0, 0.1) is 0 Å². The van der Waals surface area contributed by atoms with Crippen molar-refractivity contribution >= 4 is 18.5 Å². The standard InChI is InChI=1S/C7H16N2O2.ClH/c8-5-3-1-2-4-6-11-7(9)10;/h1-6,8H2,(H2,9,10);1H. The topological polar surface area (TPSA) is 78.3 Å². The second-order valence-corrected chi connectivity index (χ2v) is 2.37. The van der Waals surface area contributed by atoms with Gasteiger partial charge < -0.3 is 16.2 Å². The van der Waals surface area contributed by atoms with Gasteiger partial charge in [0, 0.05) is 0 Å².